The largest absolute Gasteiger partial charge is 0.459 e. The van der Waals surface area contributed by atoms with Crippen LogP contribution in [0.3, 0.4) is 0 Å². The fraction of sp³-hybridized carbons (Fsp3) is 0.700. The van der Waals surface area contributed by atoms with Crippen molar-refractivity contribution in [3.63, 3.8) is 0 Å². The van der Waals surface area contributed by atoms with Gasteiger partial charge in [-0.3, -0.25) is 14.4 Å². The average molecular weight is 805 g/mol. The normalized spacial score (nSPS) is 35.6. The summed E-state index contributed by atoms with van der Waals surface area (Å²) in [6.07, 6.45) is -10.9. The molecule has 4 aliphatic rings. The van der Waals surface area contributed by atoms with Crippen molar-refractivity contribution in [1.82, 2.24) is 5.32 Å². The number of esters is 3. The van der Waals surface area contributed by atoms with Crippen LogP contribution in [0.15, 0.2) is 30.3 Å². The number of rotatable bonds is 10. The monoisotopic (exact) mass is 804 g/mol. The van der Waals surface area contributed by atoms with Gasteiger partial charge in [-0.15, -0.1) is 0 Å². The number of nitrogens with one attached hydrogen (secondary N) is 1. The van der Waals surface area contributed by atoms with E-state index in [2.05, 4.69) is 5.32 Å². The number of amides is 1. The first-order valence-electron chi connectivity index (χ1n) is 19.3. The minimum atomic E-state index is -2.33. The van der Waals surface area contributed by atoms with Crippen molar-refractivity contribution in [3.05, 3.63) is 35.9 Å². The summed E-state index contributed by atoms with van der Waals surface area (Å²) in [6, 6.07) is 6.45. The Labute approximate surface area is 330 Å². The molecule has 5 rings (SSSR count). The van der Waals surface area contributed by atoms with E-state index in [-0.39, 0.29) is 31.6 Å². The molecule has 0 spiro atoms. The topological polar surface area (TPSA) is 268 Å². The smallest absolute Gasteiger partial charge is 0.408 e. The maximum absolute atomic E-state index is 14.5. The van der Waals surface area contributed by atoms with Crippen LogP contribution in [-0.2, 0) is 47.7 Å². The number of hydrogen-bond donors (Lipinski definition) is 6. The summed E-state index contributed by atoms with van der Waals surface area (Å²) >= 11 is 0. The number of fused-ring (bicyclic) bond motifs is 4. The molecule has 0 aromatic heterocycles. The van der Waals surface area contributed by atoms with Gasteiger partial charge in [-0.25, -0.2) is 14.4 Å². The number of alkyl carbamates (subject to hydrolysis) is 1. The van der Waals surface area contributed by atoms with Crippen LogP contribution in [0.2, 0.25) is 0 Å². The van der Waals surface area contributed by atoms with Crippen LogP contribution >= 0.6 is 0 Å². The Hall–Kier alpha value is -4.00. The van der Waals surface area contributed by atoms with Gasteiger partial charge in [0.05, 0.1) is 42.9 Å². The van der Waals surface area contributed by atoms with Crippen molar-refractivity contribution in [1.29, 1.82) is 0 Å². The molecule has 2 bridgehead atoms. The van der Waals surface area contributed by atoms with Gasteiger partial charge in [-0.05, 0) is 33.3 Å². The molecule has 316 valence electrons. The molecule has 13 unspecified atom stereocenters. The van der Waals surface area contributed by atoms with Crippen LogP contribution in [0.1, 0.15) is 79.3 Å². The highest BCUT2D eigenvalue weighted by Gasteiger charge is 2.72. The van der Waals surface area contributed by atoms with Gasteiger partial charge in [0.1, 0.15) is 23.3 Å². The number of Topliss-reactive ketones (excluding diaryl/α,β-unsaturated/α-hetero) is 2. The Morgan fingerprint density at radius 1 is 1.04 bits per heavy atom. The van der Waals surface area contributed by atoms with Gasteiger partial charge >= 0.3 is 24.0 Å². The van der Waals surface area contributed by atoms with E-state index >= 15 is 0 Å². The predicted octanol–water partition coefficient (Wildman–Crippen LogP) is 0.657. The number of ether oxygens (including phenoxy) is 5. The fourth-order valence-corrected chi connectivity index (χ4v) is 9.25. The third kappa shape index (κ3) is 8.19. The van der Waals surface area contributed by atoms with E-state index in [9.17, 15) is 49.2 Å². The standard InChI is InChI=1S/C40H56N2O15/c1-19-23(16-40(52)33(48)28-30(46)21-17-53-22(21)15-24(43)39(28,7)34(49)31(47)27(19)38(40,5)6)55-35(50)32(56-26(45)18-54-25(44)13-14-41)29(20-11-9-8-10-12-20)42-36(51)57-37(2,3)4/h8-12,19,21-24,27-30,32-33,43,46,48,52H,13-18,41H2,1-7H3,(H,42,51). The Morgan fingerprint density at radius 2 is 1.68 bits per heavy atom. The summed E-state index contributed by atoms with van der Waals surface area (Å²) in [6.45, 7) is 9.76. The highest BCUT2D eigenvalue weighted by atomic mass is 16.6. The fourth-order valence-electron chi connectivity index (χ4n) is 9.25. The molecule has 1 amide bonds. The first-order chi connectivity index (χ1) is 26.5. The highest BCUT2D eigenvalue weighted by Crippen LogP contribution is 2.60. The maximum atomic E-state index is 14.5. The predicted molar refractivity (Wildman–Crippen MR) is 196 cm³/mol. The Bertz CT molecular complexity index is 1710. The van der Waals surface area contributed by atoms with Crippen molar-refractivity contribution in [2.45, 2.75) is 122 Å². The van der Waals surface area contributed by atoms with Gasteiger partial charge in [0, 0.05) is 48.5 Å². The minimum absolute atomic E-state index is 0.0553. The first-order valence-corrected chi connectivity index (χ1v) is 19.3. The van der Waals surface area contributed by atoms with Gasteiger partial charge in [0.2, 0.25) is 17.7 Å². The summed E-state index contributed by atoms with van der Waals surface area (Å²) in [5.74, 6) is -9.92. The van der Waals surface area contributed by atoms with Crippen molar-refractivity contribution in [2.24, 2.45) is 40.2 Å². The number of nitrogens with two attached hydrogens (primary N) is 1. The third-order valence-corrected chi connectivity index (χ3v) is 12.6. The second-order valence-electron chi connectivity index (χ2n) is 17.5. The number of aliphatic hydroxyl groups excluding tert-OH is 3. The molecule has 1 aromatic carbocycles. The van der Waals surface area contributed by atoms with Crippen molar-refractivity contribution < 1.29 is 72.9 Å². The van der Waals surface area contributed by atoms with Crippen molar-refractivity contribution in [2.75, 3.05) is 19.8 Å². The molecular weight excluding hydrogens is 748 g/mol. The van der Waals surface area contributed by atoms with Gasteiger partial charge in [0.25, 0.3) is 0 Å². The van der Waals surface area contributed by atoms with Gasteiger partial charge in [-0.2, -0.15) is 0 Å². The third-order valence-electron chi connectivity index (χ3n) is 12.6. The summed E-state index contributed by atoms with van der Waals surface area (Å²) in [4.78, 5) is 81.8. The van der Waals surface area contributed by atoms with E-state index in [0.29, 0.717) is 0 Å². The number of carbonyl (C=O) groups excluding carboxylic acids is 6. The zero-order chi connectivity index (χ0) is 42.4. The Balaban J connectivity index is 1.55. The number of carbonyl (C=O) groups is 6. The van der Waals surface area contributed by atoms with E-state index in [0.717, 1.165) is 0 Å². The number of hydrogen-bond acceptors (Lipinski definition) is 16. The van der Waals surface area contributed by atoms with Crippen LogP contribution in [0.4, 0.5) is 4.79 Å². The van der Waals surface area contributed by atoms with Crippen molar-refractivity contribution in [3.8, 4) is 0 Å². The lowest BCUT2D eigenvalue weighted by Crippen LogP contribution is -2.74. The molecule has 17 nitrogen and oxygen atoms in total. The van der Waals surface area contributed by atoms with Crippen molar-refractivity contribution >= 4 is 35.6 Å². The van der Waals surface area contributed by atoms with Gasteiger partial charge < -0.3 is 55.2 Å². The van der Waals surface area contributed by atoms with Gasteiger partial charge in [-0.1, -0.05) is 51.1 Å². The highest BCUT2D eigenvalue weighted by molar-refractivity contribution is 6.40. The van der Waals surface area contributed by atoms with Crippen LogP contribution in [-0.4, -0.2) is 124 Å². The second kappa shape index (κ2) is 16.3. The minimum Gasteiger partial charge on any atom is -0.459 e. The van der Waals surface area contributed by atoms with E-state index in [1.165, 1.54) is 39.8 Å². The molecule has 7 N–H and O–H groups in total. The lowest BCUT2D eigenvalue weighted by atomic mass is 9.46. The SMILES string of the molecule is CC1C(OC(=O)C(OC(=O)COC(=O)CCN)C(NC(=O)OC(C)(C)C)c2ccccc2)CC2(O)C(O)C3C(O)C4COC4CC(O)C3(C)C(=O)C(=O)C1C2(C)C. The summed E-state index contributed by atoms with van der Waals surface area (Å²) in [5.41, 5.74) is -1.26. The lowest BCUT2D eigenvalue weighted by molar-refractivity contribution is -0.266. The average Bonchev–Trinajstić information content (AvgIpc) is 3.16. The zero-order valence-electron chi connectivity index (χ0n) is 33.3. The molecule has 13 atom stereocenters. The van der Waals surface area contributed by atoms with E-state index in [1.54, 1.807) is 39.0 Å². The summed E-state index contributed by atoms with van der Waals surface area (Å²) in [7, 11) is 0. The number of aliphatic hydroxyl groups is 4. The Kier molecular flexibility index (Phi) is 12.6. The summed E-state index contributed by atoms with van der Waals surface area (Å²) in [5, 5.41) is 50.8. The molecule has 4 fully saturated rings. The molecule has 1 heterocycles. The van der Waals surface area contributed by atoms with E-state index < -0.39 is 137 Å². The van der Waals surface area contributed by atoms with E-state index in [1.807, 2.05) is 0 Å². The van der Waals surface area contributed by atoms with Crippen LogP contribution in [0, 0.1) is 34.5 Å². The molecule has 1 aromatic rings. The summed E-state index contributed by atoms with van der Waals surface area (Å²) < 4.78 is 27.5. The molecule has 1 saturated heterocycles. The van der Waals surface area contributed by atoms with Crippen LogP contribution in [0.5, 0.6) is 0 Å². The number of ketones is 2. The molecule has 3 aliphatic carbocycles. The Morgan fingerprint density at radius 3 is 2.26 bits per heavy atom. The quantitative estimate of drug-likeness (QED) is 0.108. The zero-order valence-corrected chi connectivity index (χ0v) is 33.3. The molecule has 57 heavy (non-hydrogen) atoms. The number of benzene rings is 1. The molecular formula is C40H56N2O15. The molecule has 3 saturated carbocycles. The van der Waals surface area contributed by atoms with Gasteiger partial charge in [0.15, 0.2) is 6.61 Å². The van der Waals surface area contributed by atoms with Crippen LogP contribution < -0.4 is 11.1 Å². The molecule has 17 heteroatoms. The molecule has 1 aliphatic heterocycles. The first kappa shape index (κ1) is 44.1. The molecule has 0 radical (unpaired) electrons. The lowest BCUT2D eigenvalue weighted by Gasteiger charge is -2.61. The maximum Gasteiger partial charge on any atom is 0.408 e. The van der Waals surface area contributed by atoms with E-state index in [4.69, 9.17) is 29.4 Å². The second-order valence-corrected chi connectivity index (χ2v) is 17.5. The van der Waals surface area contributed by atoms with Crippen LogP contribution in [0.25, 0.3) is 0 Å².